The van der Waals surface area contributed by atoms with Crippen molar-refractivity contribution in [2.75, 3.05) is 0 Å². The first kappa shape index (κ1) is 6.56. The lowest BCUT2D eigenvalue weighted by molar-refractivity contribution is 0.415. The van der Waals surface area contributed by atoms with Crippen LogP contribution in [-0.4, -0.2) is 4.45 Å². The topological polar surface area (TPSA) is 26.0 Å². The summed E-state index contributed by atoms with van der Waals surface area (Å²) in [6.45, 7) is 0. The first-order valence-corrected chi connectivity index (χ1v) is 3.98. The third-order valence-electron chi connectivity index (χ3n) is 1.68. The molecule has 1 fully saturated rings. The van der Waals surface area contributed by atoms with Gasteiger partial charge in [0, 0.05) is 0 Å². The molecule has 0 aliphatic heterocycles. The monoisotopic (exact) mass is 177 g/mol. The second-order valence-electron chi connectivity index (χ2n) is 2.60. The molecule has 0 aromatic carbocycles. The molecule has 8 heavy (non-hydrogen) atoms. The summed E-state index contributed by atoms with van der Waals surface area (Å²) in [5, 5.41) is 0. The number of alkyl halides is 1. The SMILES string of the molecule is NC1(Br)CCCCC1. The average Bonchev–Trinajstić information content (AvgIpc) is 1.65. The van der Waals surface area contributed by atoms with Crippen LogP contribution < -0.4 is 5.73 Å². The van der Waals surface area contributed by atoms with Gasteiger partial charge in [0.2, 0.25) is 0 Å². The van der Waals surface area contributed by atoms with Gasteiger partial charge in [-0.3, -0.25) is 0 Å². The summed E-state index contributed by atoms with van der Waals surface area (Å²) in [5.41, 5.74) is 5.79. The Morgan fingerprint density at radius 1 is 1.12 bits per heavy atom. The van der Waals surface area contributed by atoms with Gasteiger partial charge in [0.15, 0.2) is 0 Å². The first-order valence-electron chi connectivity index (χ1n) is 3.18. The smallest absolute Gasteiger partial charge is 0.0717 e. The van der Waals surface area contributed by atoms with Gasteiger partial charge in [0.1, 0.15) is 0 Å². The number of hydrogen-bond donors (Lipinski definition) is 1. The number of rotatable bonds is 0. The molecule has 0 radical (unpaired) electrons. The van der Waals surface area contributed by atoms with Gasteiger partial charge in [0.25, 0.3) is 0 Å². The highest BCUT2D eigenvalue weighted by molar-refractivity contribution is 9.10. The van der Waals surface area contributed by atoms with Gasteiger partial charge >= 0.3 is 0 Å². The molecule has 1 rings (SSSR count). The molecule has 0 aromatic rings. The Morgan fingerprint density at radius 3 is 1.88 bits per heavy atom. The molecular formula is C6H12BrN. The van der Waals surface area contributed by atoms with Crippen LogP contribution in [0.5, 0.6) is 0 Å². The standard InChI is InChI=1S/C6H12BrN/c7-6(8)4-2-1-3-5-6/h1-5,8H2. The molecule has 48 valence electrons. The Bertz CT molecular complexity index is 72.6. The third kappa shape index (κ3) is 1.75. The lowest BCUT2D eigenvalue weighted by Crippen LogP contribution is -2.34. The van der Waals surface area contributed by atoms with Gasteiger partial charge in [-0.1, -0.05) is 35.2 Å². The van der Waals surface area contributed by atoms with Crippen molar-refractivity contribution in [3.63, 3.8) is 0 Å². The van der Waals surface area contributed by atoms with Crippen LogP contribution in [0.4, 0.5) is 0 Å². The maximum Gasteiger partial charge on any atom is 0.0717 e. The van der Waals surface area contributed by atoms with Gasteiger partial charge in [-0.15, -0.1) is 0 Å². The Morgan fingerprint density at radius 2 is 1.62 bits per heavy atom. The zero-order valence-corrected chi connectivity index (χ0v) is 6.58. The summed E-state index contributed by atoms with van der Waals surface area (Å²) in [7, 11) is 0. The van der Waals surface area contributed by atoms with E-state index in [-0.39, 0.29) is 4.45 Å². The van der Waals surface area contributed by atoms with Gasteiger partial charge < -0.3 is 5.73 Å². The molecule has 0 amide bonds. The van der Waals surface area contributed by atoms with Gasteiger partial charge in [-0.05, 0) is 12.8 Å². The second-order valence-corrected chi connectivity index (χ2v) is 4.17. The fraction of sp³-hybridized carbons (Fsp3) is 1.00. The minimum Gasteiger partial charge on any atom is -0.316 e. The van der Waals surface area contributed by atoms with E-state index >= 15 is 0 Å². The molecule has 1 saturated carbocycles. The van der Waals surface area contributed by atoms with Crippen LogP contribution in [0.1, 0.15) is 32.1 Å². The van der Waals surface area contributed by atoms with E-state index in [1.165, 1.54) is 19.3 Å². The van der Waals surface area contributed by atoms with E-state index in [1.807, 2.05) is 0 Å². The average molecular weight is 178 g/mol. The highest BCUT2D eigenvalue weighted by Crippen LogP contribution is 2.30. The summed E-state index contributed by atoms with van der Waals surface area (Å²) >= 11 is 3.47. The highest BCUT2D eigenvalue weighted by Gasteiger charge is 2.22. The summed E-state index contributed by atoms with van der Waals surface area (Å²) < 4.78 is -0.00868. The quantitative estimate of drug-likeness (QED) is 0.445. The molecule has 0 saturated heterocycles. The van der Waals surface area contributed by atoms with Crippen LogP contribution in [-0.2, 0) is 0 Å². The van der Waals surface area contributed by atoms with Crippen LogP contribution in [0, 0.1) is 0 Å². The highest BCUT2D eigenvalue weighted by atomic mass is 79.9. The van der Waals surface area contributed by atoms with Crippen LogP contribution >= 0.6 is 15.9 Å². The maximum absolute atomic E-state index is 5.79. The Balaban J connectivity index is 2.33. The van der Waals surface area contributed by atoms with Crippen molar-refractivity contribution in [1.29, 1.82) is 0 Å². The van der Waals surface area contributed by atoms with Gasteiger partial charge in [0.05, 0.1) is 4.45 Å². The molecule has 1 nitrogen and oxygen atoms in total. The molecule has 0 aromatic heterocycles. The molecule has 2 N–H and O–H groups in total. The zero-order valence-electron chi connectivity index (χ0n) is 4.99. The fourth-order valence-electron chi connectivity index (χ4n) is 1.14. The van der Waals surface area contributed by atoms with E-state index in [4.69, 9.17) is 5.73 Å². The van der Waals surface area contributed by atoms with E-state index in [0.717, 1.165) is 12.8 Å². The van der Waals surface area contributed by atoms with E-state index in [9.17, 15) is 0 Å². The largest absolute Gasteiger partial charge is 0.316 e. The Labute approximate surface area is 58.8 Å². The molecular weight excluding hydrogens is 166 g/mol. The zero-order chi connectivity index (χ0) is 6.04. The molecule has 0 unspecified atom stereocenters. The summed E-state index contributed by atoms with van der Waals surface area (Å²) in [5.74, 6) is 0. The molecule has 1 aliphatic carbocycles. The van der Waals surface area contributed by atoms with E-state index in [1.54, 1.807) is 0 Å². The predicted molar refractivity (Wildman–Crippen MR) is 38.9 cm³/mol. The summed E-state index contributed by atoms with van der Waals surface area (Å²) in [4.78, 5) is 0. The fourth-order valence-corrected chi connectivity index (χ4v) is 1.70. The lowest BCUT2D eigenvalue weighted by Gasteiger charge is -2.26. The summed E-state index contributed by atoms with van der Waals surface area (Å²) in [6.07, 6.45) is 6.24. The van der Waals surface area contributed by atoms with Crippen molar-refractivity contribution in [3.8, 4) is 0 Å². The van der Waals surface area contributed by atoms with Crippen molar-refractivity contribution >= 4 is 15.9 Å². The van der Waals surface area contributed by atoms with Crippen molar-refractivity contribution in [3.05, 3.63) is 0 Å². The van der Waals surface area contributed by atoms with Crippen molar-refractivity contribution in [2.24, 2.45) is 5.73 Å². The van der Waals surface area contributed by atoms with E-state index < -0.39 is 0 Å². The molecule has 0 heterocycles. The van der Waals surface area contributed by atoms with Gasteiger partial charge in [-0.2, -0.15) is 0 Å². The van der Waals surface area contributed by atoms with Crippen molar-refractivity contribution in [2.45, 2.75) is 36.6 Å². The second kappa shape index (κ2) is 2.36. The van der Waals surface area contributed by atoms with Gasteiger partial charge in [-0.25, -0.2) is 0 Å². The lowest BCUT2D eigenvalue weighted by atomic mass is 9.96. The number of hydrogen-bond acceptors (Lipinski definition) is 1. The molecule has 1 aliphatic rings. The van der Waals surface area contributed by atoms with Crippen LogP contribution in [0.25, 0.3) is 0 Å². The number of nitrogens with two attached hydrogens (primary N) is 1. The van der Waals surface area contributed by atoms with E-state index in [0.29, 0.717) is 0 Å². The Hall–Kier alpha value is 0.440. The molecule has 0 atom stereocenters. The Kier molecular flexibility index (Phi) is 1.93. The molecule has 2 heteroatoms. The normalized spacial score (nSPS) is 27.8. The van der Waals surface area contributed by atoms with Crippen LogP contribution in [0.2, 0.25) is 0 Å². The predicted octanol–water partition coefficient (Wildman–Crippen LogP) is 2.00. The summed E-state index contributed by atoms with van der Waals surface area (Å²) in [6, 6.07) is 0. The van der Waals surface area contributed by atoms with Crippen molar-refractivity contribution < 1.29 is 0 Å². The first-order chi connectivity index (χ1) is 3.71. The minimum atomic E-state index is -0.00868. The van der Waals surface area contributed by atoms with Crippen LogP contribution in [0.15, 0.2) is 0 Å². The third-order valence-corrected chi connectivity index (χ3v) is 2.48. The molecule has 0 spiro atoms. The van der Waals surface area contributed by atoms with Crippen LogP contribution in [0.3, 0.4) is 0 Å². The molecule has 0 bridgehead atoms. The van der Waals surface area contributed by atoms with Crippen molar-refractivity contribution in [1.82, 2.24) is 0 Å². The maximum atomic E-state index is 5.79. The van der Waals surface area contributed by atoms with E-state index in [2.05, 4.69) is 15.9 Å². The number of halogens is 1. The minimum absolute atomic E-state index is 0.00868.